The Morgan fingerprint density at radius 1 is 1.23 bits per heavy atom. The van der Waals surface area contributed by atoms with Gasteiger partial charge in [0.2, 0.25) is 5.78 Å². The molecule has 0 unspecified atom stereocenters. The Bertz CT molecular complexity index is 1180. The van der Waals surface area contributed by atoms with Crippen LogP contribution < -0.4 is 4.74 Å². The predicted molar refractivity (Wildman–Crippen MR) is 108 cm³/mol. The molecule has 2 aliphatic rings. The van der Waals surface area contributed by atoms with Gasteiger partial charge in [-0.3, -0.25) is 14.4 Å². The Kier molecular flexibility index (Phi) is 4.18. The van der Waals surface area contributed by atoms with Gasteiger partial charge < -0.3 is 19.0 Å². The Morgan fingerprint density at radius 2 is 1.90 bits per heavy atom. The van der Waals surface area contributed by atoms with Crippen LogP contribution in [0, 0.1) is 12.3 Å². The number of benzene rings is 1. The van der Waals surface area contributed by atoms with E-state index in [0.717, 1.165) is 0 Å². The second kappa shape index (κ2) is 6.20. The van der Waals surface area contributed by atoms with Crippen molar-refractivity contribution >= 4 is 28.5 Å². The first-order chi connectivity index (χ1) is 13.9. The lowest BCUT2D eigenvalue weighted by Gasteiger charge is -2.48. The Labute approximate surface area is 173 Å². The molecule has 0 radical (unpaired) electrons. The zero-order valence-corrected chi connectivity index (χ0v) is 17.9. The number of furan rings is 1. The monoisotopic (exact) mass is 412 g/mol. The van der Waals surface area contributed by atoms with Crippen LogP contribution in [0.15, 0.2) is 21.8 Å². The number of ether oxygens (including phenoxy) is 2. The summed E-state index contributed by atoms with van der Waals surface area (Å²) < 4.78 is 16.9. The van der Waals surface area contributed by atoms with Crippen molar-refractivity contribution in [2.45, 2.75) is 52.9 Å². The summed E-state index contributed by atoms with van der Waals surface area (Å²) in [5.41, 5.74) is -0.748. The quantitative estimate of drug-likeness (QED) is 0.585. The number of phenolic OH excluding ortho intramolecular Hbond substituents is 1. The van der Waals surface area contributed by atoms with Crippen LogP contribution in [-0.2, 0) is 19.7 Å². The fourth-order valence-electron chi connectivity index (χ4n) is 5.16. The highest BCUT2D eigenvalue weighted by atomic mass is 16.5. The van der Waals surface area contributed by atoms with E-state index < -0.39 is 22.6 Å². The molecule has 1 heterocycles. The van der Waals surface area contributed by atoms with Crippen LogP contribution in [-0.4, -0.2) is 29.8 Å². The maximum absolute atomic E-state index is 13.5. The van der Waals surface area contributed by atoms with Crippen molar-refractivity contribution in [2.75, 3.05) is 7.11 Å². The zero-order chi connectivity index (χ0) is 22.2. The number of carbonyl (C=O) groups excluding carboxylic acids is 3. The first-order valence-electron chi connectivity index (χ1n) is 9.80. The van der Waals surface area contributed by atoms with E-state index >= 15 is 0 Å². The van der Waals surface area contributed by atoms with Crippen LogP contribution in [0.1, 0.15) is 62.2 Å². The van der Waals surface area contributed by atoms with Crippen LogP contribution in [0.4, 0.5) is 0 Å². The molecule has 0 saturated heterocycles. The molecule has 1 atom stereocenters. The molecule has 7 nitrogen and oxygen atoms in total. The summed E-state index contributed by atoms with van der Waals surface area (Å²) in [6.45, 7) is 8.38. The number of Topliss-reactive ketones (excluding diaryl/α,β-unsaturated/α-hetero) is 2. The summed E-state index contributed by atoms with van der Waals surface area (Å²) in [5, 5.41) is 11.4. The normalized spacial score (nSPS) is 22.7. The third kappa shape index (κ3) is 2.41. The third-order valence-corrected chi connectivity index (χ3v) is 6.42. The molecule has 1 N–H and O–H groups in total. The number of fused-ring (bicyclic) bond motifs is 4. The van der Waals surface area contributed by atoms with Gasteiger partial charge in [-0.15, -0.1) is 0 Å². The molecular formula is C23H24O7. The summed E-state index contributed by atoms with van der Waals surface area (Å²) in [7, 11) is 1.38. The summed E-state index contributed by atoms with van der Waals surface area (Å²) in [4.78, 5) is 38.3. The second-order valence-corrected chi connectivity index (χ2v) is 8.74. The van der Waals surface area contributed by atoms with Gasteiger partial charge in [0.05, 0.1) is 18.1 Å². The van der Waals surface area contributed by atoms with Crippen LogP contribution >= 0.6 is 0 Å². The van der Waals surface area contributed by atoms with Gasteiger partial charge in [0.15, 0.2) is 17.1 Å². The number of esters is 1. The van der Waals surface area contributed by atoms with Gasteiger partial charge in [-0.2, -0.15) is 0 Å². The number of allylic oxidation sites excluding steroid dienone is 2. The van der Waals surface area contributed by atoms with E-state index in [9.17, 15) is 19.5 Å². The van der Waals surface area contributed by atoms with E-state index in [-0.39, 0.29) is 46.0 Å². The molecule has 0 bridgehead atoms. The number of methoxy groups -OCH3 is 1. The van der Waals surface area contributed by atoms with Gasteiger partial charge in [0, 0.05) is 29.7 Å². The number of ketones is 2. The van der Waals surface area contributed by atoms with Gasteiger partial charge in [-0.1, -0.05) is 6.92 Å². The lowest BCUT2D eigenvalue weighted by molar-refractivity contribution is -0.132. The molecule has 2 aliphatic carbocycles. The minimum absolute atomic E-state index is 0.00560. The van der Waals surface area contributed by atoms with Gasteiger partial charge in [-0.25, -0.2) is 0 Å². The molecule has 2 aromatic rings. The first kappa shape index (κ1) is 20.2. The number of aromatic hydroxyl groups is 1. The average molecular weight is 412 g/mol. The fraction of sp³-hybridized carbons (Fsp3) is 0.435. The molecule has 4 rings (SSSR count). The van der Waals surface area contributed by atoms with Crippen LogP contribution in [0.2, 0.25) is 0 Å². The lowest BCUT2D eigenvalue weighted by atomic mass is 9.54. The topological polar surface area (TPSA) is 103 Å². The van der Waals surface area contributed by atoms with Gasteiger partial charge in [0.1, 0.15) is 17.3 Å². The molecule has 158 valence electrons. The predicted octanol–water partition coefficient (Wildman–Crippen LogP) is 4.12. The number of hydrogen-bond donors (Lipinski definition) is 1. The van der Waals surface area contributed by atoms with Gasteiger partial charge in [0.25, 0.3) is 0 Å². The van der Waals surface area contributed by atoms with Crippen molar-refractivity contribution in [3.63, 3.8) is 0 Å². The van der Waals surface area contributed by atoms with E-state index in [1.54, 1.807) is 26.8 Å². The van der Waals surface area contributed by atoms with Gasteiger partial charge >= 0.3 is 5.97 Å². The van der Waals surface area contributed by atoms with Crippen molar-refractivity contribution in [1.82, 2.24) is 0 Å². The zero-order valence-electron chi connectivity index (χ0n) is 17.9. The Morgan fingerprint density at radius 3 is 2.50 bits per heavy atom. The molecule has 0 spiro atoms. The minimum atomic E-state index is -0.969. The van der Waals surface area contributed by atoms with Crippen LogP contribution in [0.25, 0.3) is 11.0 Å². The Hall–Kier alpha value is -3.09. The SMILES string of the molecule is COC1=C2C(C)(C)C(=O)CC[C@]2(C)c2c(c(O)c3cc(C)oc3c2OC(C)=O)C1=O. The number of carbonyl (C=O) groups is 3. The van der Waals surface area contributed by atoms with Crippen molar-refractivity contribution in [2.24, 2.45) is 5.41 Å². The second-order valence-electron chi connectivity index (χ2n) is 8.74. The van der Waals surface area contributed by atoms with E-state index in [0.29, 0.717) is 23.3 Å². The summed E-state index contributed by atoms with van der Waals surface area (Å²) in [6.07, 6.45) is 0.643. The lowest BCUT2D eigenvalue weighted by Crippen LogP contribution is -2.48. The van der Waals surface area contributed by atoms with Crippen molar-refractivity contribution in [1.29, 1.82) is 0 Å². The highest BCUT2D eigenvalue weighted by Gasteiger charge is 2.56. The van der Waals surface area contributed by atoms with Crippen molar-refractivity contribution < 1.29 is 33.4 Å². The van der Waals surface area contributed by atoms with E-state index in [4.69, 9.17) is 13.9 Å². The van der Waals surface area contributed by atoms with Crippen molar-refractivity contribution in [3.8, 4) is 11.5 Å². The molecule has 1 aromatic heterocycles. The highest BCUT2D eigenvalue weighted by Crippen LogP contribution is 2.60. The smallest absolute Gasteiger partial charge is 0.308 e. The molecule has 0 amide bonds. The molecule has 1 saturated carbocycles. The number of rotatable bonds is 2. The maximum atomic E-state index is 13.5. The maximum Gasteiger partial charge on any atom is 0.308 e. The highest BCUT2D eigenvalue weighted by molar-refractivity contribution is 6.18. The van der Waals surface area contributed by atoms with E-state index in [2.05, 4.69) is 0 Å². The largest absolute Gasteiger partial charge is 0.506 e. The molecule has 1 fully saturated rings. The third-order valence-electron chi connectivity index (χ3n) is 6.42. The number of phenols is 1. The standard InChI is InChI=1S/C23H24O7/c1-10-9-12-16(26)14-15(19(18(12)29-10)30-11(2)24)23(5)8-7-13(25)22(3,4)21(23)20(28-6)17(14)27/h9,26H,7-8H2,1-6H3/t23-/m1/s1. The fourth-order valence-corrected chi connectivity index (χ4v) is 5.16. The Balaban J connectivity index is 2.21. The van der Waals surface area contributed by atoms with Crippen molar-refractivity contribution in [3.05, 3.63) is 34.3 Å². The van der Waals surface area contributed by atoms with Gasteiger partial charge in [-0.05, 0) is 38.8 Å². The molecule has 30 heavy (non-hydrogen) atoms. The molecule has 1 aromatic carbocycles. The average Bonchev–Trinajstić information content (AvgIpc) is 3.05. The first-order valence-corrected chi connectivity index (χ1v) is 9.80. The number of hydrogen-bond acceptors (Lipinski definition) is 7. The summed E-state index contributed by atoms with van der Waals surface area (Å²) in [5.74, 6) is -0.735. The minimum Gasteiger partial charge on any atom is -0.506 e. The van der Waals surface area contributed by atoms with E-state index in [1.165, 1.54) is 14.0 Å². The van der Waals surface area contributed by atoms with Crippen LogP contribution in [0.5, 0.6) is 11.5 Å². The molecule has 0 aliphatic heterocycles. The number of aryl methyl sites for hydroxylation is 1. The summed E-state index contributed by atoms with van der Waals surface area (Å²) in [6, 6.07) is 1.59. The summed E-state index contributed by atoms with van der Waals surface area (Å²) >= 11 is 0. The van der Waals surface area contributed by atoms with Crippen LogP contribution in [0.3, 0.4) is 0 Å². The van der Waals surface area contributed by atoms with E-state index in [1.807, 2.05) is 6.92 Å². The molecule has 7 heteroatoms. The molecular weight excluding hydrogens is 388 g/mol.